The van der Waals surface area contributed by atoms with Crippen LogP contribution in [0.4, 0.5) is 0 Å². The van der Waals surface area contributed by atoms with Gasteiger partial charge >= 0.3 is 0 Å². The highest BCUT2D eigenvalue weighted by molar-refractivity contribution is 5.79. The van der Waals surface area contributed by atoms with Gasteiger partial charge in [-0.2, -0.15) is 0 Å². The number of nitrogens with one attached hydrogen (secondary N) is 1. The molecule has 0 unspecified atom stereocenters. The number of benzene rings is 2. The zero-order chi connectivity index (χ0) is 18.6. The lowest BCUT2D eigenvalue weighted by Crippen LogP contribution is -2.40. The standard InChI is InChI=1S/C21H29N3O2/c1-4-25-17-19-11-9-8-10-18(19)16-23-21(22-2)24(3)14-15-26-20-12-6-5-7-13-20/h5-13H,4,14-17H2,1-3H3,(H,22,23). The maximum Gasteiger partial charge on any atom is 0.193 e. The number of nitrogens with zero attached hydrogens (tertiary/aromatic N) is 2. The predicted octanol–water partition coefficient (Wildman–Crippen LogP) is 3.31. The van der Waals surface area contributed by atoms with Gasteiger partial charge in [-0.1, -0.05) is 42.5 Å². The van der Waals surface area contributed by atoms with E-state index in [1.165, 1.54) is 11.1 Å². The highest BCUT2D eigenvalue weighted by atomic mass is 16.5. The smallest absolute Gasteiger partial charge is 0.193 e. The van der Waals surface area contributed by atoms with Crippen molar-refractivity contribution < 1.29 is 9.47 Å². The summed E-state index contributed by atoms with van der Waals surface area (Å²) in [6.45, 7) is 5.41. The second-order valence-corrected chi connectivity index (χ2v) is 5.89. The Kier molecular flexibility index (Phi) is 8.49. The molecule has 5 nitrogen and oxygen atoms in total. The van der Waals surface area contributed by atoms with E-state index in [1.54, 1.807) is 7.05 Å². The van der Waals surface area contributed by atoms with Crippen LogP contribution in [-0.4, -0.2) is 44.7 Å². The lowest BCUT2D eigenvalue weighted by molar-refractivity contribution is 0.133. The third-order valence-corrected chi connectivity index (χ3v) is 4.03. The summed E-state index contributed by atoms with van der Waals surface area (Å²) in [5.41, 5.74) is 2.42. The normalized spacial score (nSPS) is 11.3. The lowest BCUT2D eigenvalue weighted by atomic mass is 10.1. The molecular formula is C21H29N3O2. The van der Waals surface area contributed by atoms with E-state index in [0.29, 0.717) is 26.4 Å². The molecule has 0 aliphatic carbocycles. The van der Waals surface area contributed by atoms with E-state index in [1.807, 2.05) is 56.4 Å². The first-order chi connectivity index (χ1) is 12.7. The van der Waals surface area contributed by atoms with Gasteiger partial charge in [0.25, 0.3) is 0 Å². The molecule has 0 bridgehead atoms. The van der Waals surface area contributed by atoms with Gasteiger partial charge in [0, 0.05) is 27.2 Å². The first-order valence-corrected chi connectivity index (χ1v) is 8.98. The van der Waals surface area contributed by atoms with Crippen LogP contribution in [0.1, 0.15) is 18.1 Å². The van der Waals surface area contributed by atoms with Crippen LogP contribution >= 0.6 is 0 Å². The summed E-state index contributed by atoms with van der Waals surface area (Å²) in [4.78, 5) is 6.43. The topological polar surface area (TPSA) is 46.1 Å². The summed E-state index contributed by atoms with van der Waals surface area (Å²) in [7, 11) is 3.80. The summed E-state index contributed by atoms with van der Waals surface area (Å²) < 4.78 is 11.3. The van der Waals surface area contributed by atoms with Crippen LogP contribution in [0, 0.1) is 0 Å². The quantitative estimate of drug-likeness (QED) is 0.554. The highest BCUT2D eigenvalue weighted by Crippen LogP contribution is 2.10. The van der Waals surface area contributed by atoms with Crippen molar-refractivity contribution in [3.63, 3.8) is 0 Å². The molecule has 0 spiro atoms. The molecule has 1 N–H and O–H groups in total. The fourth-order valence-electron chi connectivity index (χ4n) is 2.56. The van der Waals surface area contributed by atoms with E-state index in [2.05, 4.69) is 27.3 Å². The molecule has 0 saturated carbocycles. The average molecular weight is 355 g/mol. The molecule has 0 heterocycles. The summed E-state index contributed by atoms with van der Waals surface area (Å²) in [5, 5.41) is 3.42. The summed E-state index contributed by atoms with van der Waals surface area (Å²) in [6, 6.07) is 18.2. The maximum absolute atomic E-state index is 5.76. The Morgan fingerprint density at radius 3 is 2.42 bits per heavy atom. The van der Waals surface area contributed by atoms with Crippen molar-refractivity contribution in [2.24, 2.45) is 4.99 Å². The van der Waals surface area contributed by atoms with Crippen LogP contribution in [0.15, 0.2) is 59.6 Å². The molecule has 0 aromatic heterocycles. The van der Waals surface area contributed by atoms with Crippen molar-refractivity contribution >= 4 is 5.96 Å². The van der Waals surface area contributed by atoms with Gasteiger partial charge in [0.05, 0.1) is 13.2 Å². The van der Waals surface area contributed by atoms with Crippen LogP contribution < -0.4 is 10.1 Å². The Morgan fingerprint density at radius 2 is 1.73 bits per heavy atom. The zero-order valence-corrected chi connectivity index (χ0v) is 15.9. The summed E-state index contributed by atoms with van der Waals surface area (Å²) >= 11 is 0. The van der Waals surface area contributed by atoms with E-state index in [0.717, 1.165) is 18.3 Å². The number of likely N-dealkylation sites (N-methyl/N-ethyl adjacent to an activating group) is 1. The largest absolute Gasteiger partial charge is 0.492 e. The number of aliphatic imine (C=N–C) groups is 1. The average Bonchev–Trinajstić information content (AvgIpc) is 2.68. The van der Waals surface area contributed by atoms with Gasteiger partial charge in [-0.05, 0) is 30.2 Å². The molecule has 0 aliphatic rings. The predicted molar refractivity (Wildman–Crippen MR) is 107 cm³/mol. The first kappa shape index (κ1) is 19.8. The van der Waals surface area contributed by atoms with E-state index < -0.39 is 0 Å². The maximum atomic E-state index is 5.76. The Balaban J connectivity index is 1.83. The lowest BCUT2D eigenvalue weighted by Gasteiger charge is -2.22. The van der Waals surface area contributed by atoms with Gasteiger partial charge in [0.2, 0.25) is 0 Å². The molecule has 0 fully saturated rings. The van der Waals surface area contributed by atoms with Crippen LogP contribution in [0.25, 0.3) is 0 Å². The molecular weight excluding hydrogens is 326 g/mol. The number of para-hydroxylation sites is 1. The van der Waals surface area contributed by atoms with E-state index in [-0.39, 0.29) is 0 Å². The SMILES string of the molecule is CCOCc1ccccc1CNC(=NC)N(C)CCOc1ccccc1. The fraction of sp³-hybridized carbons (Fsp3) is 0.381. The van der Waals surface area contributed by atoms with Crippen LogP contribution in [-0.2, 0) is 17.9 Å². The van der Waals surface area contributed by atoms with Gasteiger partial charge in [-0.25, -0.2) is 0 Å². The molecule has 140 valence electrons. The van der Waals surface area contributed by atoms with Crippen molar-refractivity contribution in [2.75, 3.05) is 33.9 Å². The monoisotopic (exact) mass is 355 g/mol. The fourth-order valence-corrected chi connectivity index (χ4v) is 2.56. The van der Waals surface area contributed by atoms with Gasteiger partial charge in [0.15, 0.2) is 5.96 Å². The van der Waals surface area contributed by atoms with Crippen molar-refractivity contribution in [1.29, 1.82) is 0 Å². The van der Waals surface area contributed by atoms with E-state index in [4.69, 9.17) is 9.47 Å². The minimum atomic E-state index is 0.599. The minimum absolute atomic E-state index is 0.599. The number of rotatable bonds is 9. The number of hydrogen-bond acceptors (Lipinski definition) is 3. The van der Waals surface area contributed by atoms with Gasteiger partial charge in [-0.15, -0.1) is 0 Å². The van der Waals surface area contributed by atoms with Crippen LogP contribution in [0.3, 0.4) is 0 Å². The molecule has 5 heteroatoms. The van der Waals surface area contributed by atoms with Crippen LogP contribution in [0.2, 0.25) is 0 Å². The molecule has 2 aromatic rings. The third kappa shape index (κ3) is 6.41. The molecule has 0 amide bonds. The second kappa shape index (κ2) is 11.2. The van der Waals surface area contributed by atoms with Crippen LogP contribution in [0.5, 0.6) is 5.75 Å². The number of ether oxygens (including phenoxy) is 2. The van der Waals surface area contributed by atoms with Gasteiger partial charge < -0.3 is 19.7 Å². The molecule has 2 aromatic carbocycles. The Labute approximate surface area is 156 Å². The number of guanidine groups is 1. The summed E-state index contributed by atoms with van der Waals surface area (Å²) in [5.74, 6) is 1.72. The van der Waals surface area contributed by atoms with E-state index in [9.17, 15) is 0 Å². The first-order valence-electron chi connectivity index (χ1n) is 8.98. The van der Waals surface area contributed by atoms with Crippen molar-refractivity contribution in [3.05, 3.63) is 65.7 Å². The minimum Gasteiger partial charge on any atom is -0.492 e. The molecule has 26 heavy (non-hydrogen) atoms. The Morgan fingerprint density at radius 1 is 1.04 bits per heavy atom. The molecule has 0 radical (unpaired) electrons. The molecule has 0 atom stereocenters. The molecule has 0 aliphatic heterocycles. The zero-order valence-electron chi connectivity index (χ0n) is 15.9. The third-order valence-electron chi connectivity index (χ3n) is 4.03. The second-order valence-electron chi connectivity index (χ2n) is 5.89. The highest BCUT2D eigenvalue weighted by Gasteiger charge is 2.08. The van der Waals surface area contributed by atoms with Crippen molar-refractivity contribution in [3.8, 4) is 5.75 Å². The van der Waals surface area contributed by atoms with Gasteiger partial charge in [-0.3, -0.25) is 4.99 Å². The Bertz CT molecular complexity index is 674. The van der Waals surface area contributed by atoms with Crippen molar-refractivity contribution in [2.45, 2.75) is 20.1 Å². The molecule has 2 rings (SSSR count). The van der Waals surface area contributed by atoms with E-state index >= 15 is 0 Å². The van der Waals surface area contributed by atoms with Gasteiger partial charge in [0.1, 0.15) is 12.4 Å². The molecule has 0 saturated heterocycles. The Hall–Kier alpha value is -2.53. The van der Waals surface area contributed by atoms with Crippen molar-refractivity contribution in [1.82, 2.24) is 10.2 Å². The number of hydrogen-bond donors (Lipinski definition) is 1. The summed E-state index contributed by atoms with van der Waals surface area (Å²) in [6.07, 6.45) is 0.